The molecule has 0 spiro atoms. The highest BCUT2D eigenvalue weighted by molar-refractivity contribution is 5.85. The summed E-state index contributed by atoms with van der Waals surface area (Å²) in [6, 6.07) is 25.8. The van der Waals surface area contributed by atoms with E-state index in [1.54, 1.807) is 0 Å². The molecule has 6 aromatic rings. The number of nitrogens with zero attached hydrogens (tertiary/aromatic N) is 7. The quantitative estimate of drug-likeness (QED) is 0.264. The third-order valence-electron chi connectivity index (χ3n) is 7.35. The number of fused-ring (bicyclic) bond motifs is 1. The van der Waals surface area contributed by atoms with Crippen molar-refractivity contribution in [1.82, 2.24) is 35.2 Å². The molecule has 40 heavy (non-hydrogen) atoms. The second kappa shape index (κ2) is 10.4. The molecular weight excluding hydrogens is 496 g/mol. The Kier molecular flexibility index (Phi) is 6.59. The average Bonchev–Trinajstić information content (AvgIpc) is 3.62. The average molecular weight is 529 g/mol. The van der Waals surface area contributed by atoms with Crippen molar-refractivity contribution >= 4 is 16.9 Å². The Bertz CT molecular complexity index is 1780. The monoisotopic (exact) mass is 528 g/mol. The van der Waals surface area contributed by atoms with E-state index >= 15 is 0 Å². The molecule has 0 amide bonds. The third kappa shape index (κ3) is 4.73. The summed E-state index contributed by atoms with van der Waals surface area (Å²) in [5.41, 5.74) is 11.8. The van der Waals surface area contributed by atoms with Gasteiger partial charge in [-0.3, -0.25) is 0 Å². The predicted octanol–water partition coefficient (Wildman–Crippen LogP) is 6.24. The number of aryl methyl sites for hydroxylation is 3. The van der Waals surface area contributed by atoms with Crippen molar-refractivity contribution < 1.29 is 0 Å². The number of pyridine rings is 1. The van der Waals surface area contributed by atoms with E-state index in [1.807, 2.05) is 21.0 Å². The van der Waals surface area contributed by atoms with Crippen molar-refractivity contribution in [2.24, 2.45) is 0 Å². The van der Waals surface area contributed by atoms with Crippen LogP contribution in [0.15, 0.2) is 72.8 Å². The van der Waals surface area contributed by atoms with Crippen molar-refractivity contribution in [3.8, 4) is 33.6 Å². The Morgan fingerprint density at radius 3 is 2.20 bits per heavy atom. The standard InChI is InChI=1S/C32H32N8/c1-6-29-34-30-20(2)17-21(3)33-32(30)40(29)19-22-7-9-24(10-8-22)28-18-25(13-16-27(28)31-35-37-38-36-31)23-11-14-26(15-12-23)39(4)5/h7-18H,6,19H2,1-5H3,(H,35,36,37,38). The van der Waals surface area contributed by atoms with Gasteiger partial charge < -0.3 is 9.47 Å². The number of aromatic nitrogens is 7. The van der Waals surface area contributed by atoms with Gasteiger partial charge in [-0.15, -0.1) is 10.2 Å². The number of nitrogens with one attached hydrogen (secondary N) is 1. The van der Waals surface area contributed by atoms with E-state index in [1.165, 1.54) is 11.3 Å². The SMILES string of the molecule is CCc1nc2c(C)cc(C)nc2n1Cc1ccc(-c2cc(-c3ccc(N(C)C)cc3)ccc2-c2nn[nH]n2)cc1. The van der Waals surface area contributed by atoms with E-state index in [2.05, 4.69) is 117 Å². The molecule has 0 bridgehead atoms. The molecule has 0 aliphatic rings. The molecule has 3 heterocycles. The zero-order chi connectivity index (χ0) is 27.8. The molecule has 0 saturated heterocycles. The number of imidazole rings is 1. The molecule has 0 unspecified atom stereocenters. The van der Waals surface area contributed by atoms with E-state index in [9.17, 15) is 0 Å². The van der Waals surface area contributed by atoms with Crippen LogP contribution in [0.3, 0.4) is 0 Å². The molecule has 6 rings (SSSR count). The Labute approximate surface area is 233 Å². The highest BCUT2D eigenvalue weighted by Gasteiger charge is 2.16. The van der Waals surface area contributed by atoms with Crippen molar-refractivity contribution in [1.29, 1.82) is 0 Å². The van der Waals surface area contributed by atoms with Gasteiger partial charge in [0.2, 0.25) is 5.82 Å². The van der Waals surface area contributed by atoms with Gasteiger partial charge in [0.1, 0.15) is 11.3 Å². The summed E-state index contributed by atoms with van der Waals surface area (Å²) in [5.74, 6) is 1.62. The van der Waals surface area contributed by atoms with E-state index in [4.69, 9.17) is 9.97 Å². The molecule has 8 heteroatoms. The molecule has 200 valence electrons. The minimum Gasteiger partial charge on any atom is -0.378 e. The van der Waals surface area contributed by atoms with Gasteiger partial charge in [-0.1, -0.05) is 49.4 Å². The van der Waals surface area contributed by atoms with Crippen LogP contribution in [-0.2, 0) is 13.0 Å². The molecule has 0 radical (unpaired) electrons. The Morgan fingerprint density at radius 2 is 1.52 bits per heavy atom. The summed E-state index contributed by atoms with van der Waals surface area (Å²) < 4.78 is 2.24. The summed E-state index contributed by atoms with van der Waals surface area (Å²) in [5, 5.41) is 14.9. The van der Waals surface area contributed by atoms with Crippen LogP contribution in [0.1, 0.15) is 29.6 Å². The van der Waals surface area contributed by atoms with Gasteiger partial charge in [0.05, 0.1) is 6.54 Å². The van der Waals surface area contributed by atoms with Gasteiger partial charge in [-0.2, -0.15) is 5.21 Å². The zero-order valence-electron chi connectivity index (χ0n) is 23.5. The molecule has 3 aromatic heterocycles. The number of hydrogen-bond acceptors (Lipinski definition) is 6. The lowest BCUT2D eigenvalue weighted by atomic mass is 9.93. The molecule has 1 N–H and O–H groups in total. The molecule has 0 saturated carbocycles. The van der Waals surface area contributed by atoms with Gasteiger partial charge in [0.15, 0.2) is 5.65 Å². The lowest BCUT2D eigenvalue weighted by Gasteiger charge is -2.14. The number of anilines is 1. The van der Waals surface area contributed by atoms with E-state index < -0.39 is 0 Å². The molecule has 8 nitrogen and oxygen atoms in total. The second-order valence-corrected chi connectivity index (χ2v) is 10.4. The van der Waals surface area contributed by atoms with Crippen molar-refractivity contribution in [3.63, 3.8) is 0 Å². The molecule has 0 aliphatic heterocycles. The lowest BCUT2D eigenvalue weighted by Crippen LogP contribution is -2.07. The van der Waals surface area contributed by atoms with Crippen LogP contribution in [0.2, 0.25) is 0 Å². The van der Waals surface area contributed by atoms with Gasteiger partial charge in [-0.05, 0) is 82.8 Å². The van der Waals surface area contributed by atoms with Crippen LogP contribution in [0.4, 0.5) is 5.69 Å². The van der Waals surface area contributed by atoms with Crippen molar-refractivity contribution in [2.45, 2.75) is 33.7 Å². The second-order valence-electron chi connectivity index (χ2n) is 10.4. The fraction of sp³-hybridized carbons (Fsp3) is 0.219. The van der Waals surface area contributed by atoms with Crippen molar-refractivity contribution in [3.05, 3.63) is 95.4 Å². The Morgan fingerprint density at radius 1 is 0.800 bits per heavy atom. The third-order valence-corrected chi connectivity index (χ3v) is 7.35. The number of aromatic amines is 1. The zero-order valence-corrected chi connectivity index (χ0v) is 23.5. The predicted molar refractivity (Wildman–Crippen MR) is 160 cm³/mol. The van der Waals surface area contributed by atoms with Gasteiger partial charge >= 0.3 is 0 Å². The summed E-state index contributed by atoms with van der Waals surface area (Å²) in [7, 11) is 4.10. The topological polar surface area (TPSA) is 88.4 Å². The fourth-order valence-electron chi connectivity index (χ4n) is 5.24. The molecule has 0 atom stereocenters. The molecule has 0 fully saturated rings. The lowest BCUT2D eigenvalue weighted by molar-refractivity contribution is 0.745. The van der Waals surface area contributed by atoms with E-state index in [-0.39, 0.29) is 0 Å². The molecular formula is C32H32N8. The summed E-state index contributed by atoms with van der Waals surface area (Å²) in [6.07, 6.45) is 0.851. The van der Waals surface area contributed by atoms with Gasteiger partial charge in [-0.25, -0.2) is 9.97 Å². The van der Waals surface area contributed by atoms with Crippen LogP contribution >= 0.6 is 0 Å². The van der Waals surface area contributed by atoms with E-state index in [0.717, 1.165) is 62.5 Å². The maximum atomic E-state index is 4.90. The Balaban J connectivity index is 1.38. The number of H-pyrrole nitrogens is 1. The van der Waals surface area contributed by atoms with Crippen LogP contribution in [0.25, 0.3) is 44.8 Å². The Hall–Kier alpha value is -4.85. The van der Waals surface area contributed by atoms with Crippen LogP contribution < -0.4 is 4.90 Å². The first-order valence-corrected chi connectivity index (χ1v) is 13.5. The maximum absolute atomic E-state index is 4.90. The number of tetrazole rings is 1. The molecule has 0 aliphatic carbocycles. The minimum atomic E-state index is 0.572. The van der Waals surface area contributed by atoms with Crippen molar-refractivity contribution in [2.75, 3.05) is 19.0 Å². The van der Waals surface area contributed by atoms with Crippen LogP contribution in [-0.4, -0.2) is 49.3 Å². The number of benzene rings is 3. The smallest absolute Gasteiger partial charge is 0.205 e. The van der Waals surface area contributed by atoms with Crippen LogP contribution in [0, 0.1) is 13.8 Å². The minimum absolute atomic E-state index is 0.572. The highest BCUT2D eigenvalue weighted by atomic mass is 15.5. The summed E-state index contributed by atoms with van der Waals surface area (Å²) in [6.45, 7) is 7.00. The van der Waals surface area contributed by atoms with Gasteiger partial charge in [0.25, 0.3) is 0 Å². The number of rotatable bonds is 7. The highest BCUT2D eigenvalue weighted by Crippen LogP contribution is 2.35. The largest absolute Gasteiger partial charge is 0.378 e. The first-order chi connectivity index (χ1) is 19.4. The summed E-state index contributed by atoms with van der Waals surface area (Å²) >= 11 is 0. The maximum Gasteiger partial charge on any atom is 0.205 e. The normalized spacial score (nSPS) is 11.3. The fourth-order valence-corrected chi connectivity index (χ4v) is 5.24. The summed E-state index contributed by atoms with van der Waals surface area (Å²) in [4.78, 5) is 11.8. The molecule has 3 aromatic carbocycles. The first-order valence-electron chi connectivity index (χ1n) is 13.5. The van der Waals surface area contributed by atoms with E-state index in [0.29, 0.717) is 12.4 Å². The van der Waals surface area contributed by atoms with Gasteiger partial charge in [0, 0.05) is 37.5 Å². The number of hydrogen-bond donors (Lipinski definition) is 1. The van der Waals surface area contributed by atoms with Crippen LogP contribution in [0.5, 0.6) is 0 Å². The first kappa shape index (κ1) is 25.4.